The maximum atomic E-state index is 8.50. The van der Waals surface area contributed by atoms with Gasteiger partial charge in [-0.1, -0.05) is 109 Å². The molecule has 0 spiro atoms. The van der Waals surface area contributed by atoms with Crippen molar-refractivity contribution in [2.45, 2.75) is 206 Å². The Bertz CT molecular complexity index is 581. The zero-order valence-corrected chi connectivity index (χ0v) is 38.7. The molecule has 0 aliphatic rings. The van der Waals surface area contributed by atoms with Crippen LogP contribution in [-0.4, -0.2) is 201 Å². The summed E-state index contributed by atoms with van der Waals surface area (Å²) < 4.78 is 57.3. The molecule has 0 aromatic rings. The molecule has 438 valence electrons. The Morgan fingerprint density at radius 2 is 0.382 bits per heavy atom. The Kier molecular flexibility index (Phi) is 165. The van der Waals surface area contributed by atoms with E-state index in [2.05, 4.69) is 34.6 Å². The Balaban J connectivity index is -0.0000000384. The van der Waals surface area contributed by atoms with E-state index in [1.165, 1.54) is 0 Å². The third kappa shape index (κ3) is 121. The normalized spacial score (nSPS) is 11.3. The number of hydrogen-bond donors (Lipinski definition) is 5. The lowest BCUT2D eigenvalue weighted by Gasteiger charge is -2.12. The van der Waals surface area contributed by atoms with Crippen LogP contribution in [0.3, 0.4) is 0 Å². The van der Waals surface area contributed by atoms with Crippen molar-refractivity contribution in [3.8, 4) is 0 Å². The van der Waals surface area contributed by atoms with Crippen molar-refractivity contribution in [1.29, 1.82) is 0 Å². The van der Waals surface area contributed by atoms with Gasteiger partial charge in [0.1, 0.15) is 0 Å². The lowest BCUT2D eigenvalue weighted by Crippen LogP contribution is -2.19. The number of hydrogen-bond acceptors (Lipinski definition) is 16. The fourth-order valence-corrected chi connectivity index (χ4v) is 3.70. The van der Waals surface area contributed by atoms with Gasteiger partial charge in [0.05, 0.1) is 143 Å². The second kappa shape index (κ2) is 103. The number of rotatable bonds is 38. The molecule has 68 heavy (non-hydrogen) atoms. The molecule has 0 aliphatic carbocycles. The first-order valence-electron chi connectivity index (χ1n) is 21.6. The standard InChI is InChI=1S/C10H22O4.4C8H18O3.10CH4/c1-3-5-12-7-8-13-9-10(2)14-6-4-11;4*1-3-5-10-7-8(2)11-6-4-9;;;;;;;;;;/h10-11H,3-9H2,1-2H3;4*8-9H,3-7H2,1-2H3;10*1H4. The second-order valence-electron chi connectivity index (χ2n) is 13.0. The van der Waals surface area contributed by atoms with Gasteiger partial charge in [0, 0.05) is 33.0 Å². The van der Waals surface area contributed by atoms with E-state index < -0.39 is 0 Å². The summed E-state index contributed by atoms with van der Waals surface area (Å²) >= 11 is 0. The highest BCUT2D eigenvalue weighted by Crippen LogP contribution is 1.95. The average Bonchev–Trinajstić information content (AvgIpc) is 3.22. The van der Waals surface area contributed by atoms with E-state index in [0.717, 1.165) is 65.1 Å². The molecule has 0 bridgehead atoms. The van der Waals surface area contributed by atoms with E-state index in [9.17, 15) is 0 Å². The molecular weight excluding hydrogens is 881 g/mol. The van der Waals surface area contributed by atoms with Gasteiger partial charge in [-0.05, 0) is 66.7 Å². The molecule has 0 rings (SSSR count). The van der Waals surface area contributed by atoms with Crippen molar-refractivity contribution in [2.75, 3.05) is 145 Å². The highest BCUT2D eigenvalue weighted by molar-refractivity contribution is 4.49. The Morgan fingerprint density at radius 3 is 0.544 bits per heavy atom. The third-order valence-electron chi connectivity index (χ3n) is 6.35. The Hall–Kier alpha value is -0.640. The third-order valence-corrected chi connectivity index (χ3v) is 6.35. The minimum absolute atomic E-state index is 0. The van der Waals surface area contributed by atoms with E-state index in [1.807, 2.05) is 34.6 Å². The molecule has 0 aliphatic heterocycles. The van der Waals surface area contributed by atoms with Crippen LogP contribution in [0.25, 0.3) is 0 Å². The lowest BCUT2D eigenvalue weighted by molar-refractivity contribution is -0.0314. The summed E-state index contributed by atoms with van der Waals surface area (Å²) in [5.41, 5.74) is 0. The minimum Gasteiger partial charge on any atom is -0.394 e. The number of aliphatic hydroxyl groups is 5. The maximum Gasteiger partial charge on any atom is 0.0781 e. The predicted molar refractivity (Wildman–Crippen MR) is 296 cm³/mol. The molecule has 5 atom stereocenters. The van der Waals surface area contributed by atoms with Crippen LogP contribution in [0.4, 0.5) is 0 Å². The molecule has 16 nitrogen and oxygen atoms in total. The quantitative estimate of drug-likeness (QED) is 0.0365. The molecule has 0 radical (unpaired) electrons. The summed E-state index contributed by atoms with van der Waals surface area (Å²) in [4.78, 5) is 0. The summed E-state index contributed by atoms with van der Waals surface area (Å²) in [7, 11) is 0. The first-order valence-corrected chi connectivity index (χ1v) is 21.6. The highest BCUT2D eigenvalue weighted by atomic mass is 16.6. The molecule has 0 amide bonds. The molecule has 0 fully saturated rings. The van der Waals surface area contributed by atoms with Gasteiger partial charge >= 0.3 is 0 Å². The predicted octanol–water partition coefficient (Wildman–Crippen LogP) is 10.4. The molecule has 16 heteroatoms. The fraction of sp³-hybridized carbons (Fsp3) is 1.00. The van der Waals surface area contributed by atoms with Crippen molar-refractivity contribution >= 4 is 0 Å². The van der Waals surface area contributed by atoms with Crippen molar-refractivity contribution in [3.63, 3.8) is 0 Å². The van der Waals surface area contributed by atoms with Crippen LogP contribution in [0.1, 0.15) is 176 Å². The first-order chi connectivity index (χ1) is 28.0. The van der Waals surface area contributed by atoms with Gasteiger partial charge < -0.3 is 77.6 Å². The average molecular weight is 1020 g/mol. The Morgan fingerprint density at radius 1 is 0.235 bits per heavy atom. The van der Waals surface area contributed by atoms with Gasteiger partial charge in [0.25, 0.3) is 0 Å². The molecule has 0 heterocycles. The fourth-order valence-electron chi connectivity index (χ4n) is 3.70. The van der Waals surface area contributed by atoms with Gasteiger partial charge in [-0.2, -0.15) is 0 Å². The first kappa shape index (κ1) is 108. The lowest BCUT2D eigenvalue weighted by atomic mass is 10.4. The van der Waals surface area contributed by atoms with Crippen LogP contribution in [0.5, 0.6) is 0 Å². The minimum atomic E-state index is 0. The summed E-state index contributed by atoms with van der Waals surface area (Å²) in [6.45, 7) is 30.6. The second-order valence-corrected chi connectivity index (χ2v) is 13.0. The summed E-state index contributed by atoms with van der Waals surface area (Å²) in [6.07, 6.45) is 5.58. The molecule has 0 aromatic heterocycles. The molecule has 0 saturated heterocycles. The largest absolute Gasteiger partial charge is 0.394 e. The van der Waals surface area contributed by atoms with E-state index in [0.29, 0.717) is 79.3 Å². The van der Waals surface area contributed by atoms with Crippen molar-refractivity contribution in [3.05, 3.63) is 0 Å². The van der Waals surface area contributed by atoms with Gasteiger partial charge in [0.15, 0.2) is 0 Å². The van der Waals surface area contributed by atoms with Crippen LogP contribution in [0.2, 0.25) is 0 Å². The summed E-state index contributed by atoms with van der Waals surface area (Å²) in [6, 6.07) is 0. The van der Waals surface area contributed by atoms with Gasteiger partial charge in [-0.3, -0.25) is 0 Å². The number of aliphatic hydroxyl groups excluding tert-OH is 5. The van der Waals surface area contributed by atoms with E-state index in [4.69, 9.17) is 77.6 Å². The van der Waals surface area contributed by atoms with Crippen LogP contribution >= 0.6 is 0 Å². The van der Waals surface area contributed by atoms with Crippen molar-refractivity contribution < 1.29 is 77.6 Å². The van der Waals surface area contributed by atoms with Gasteiger partial charge in [0.2, 0.25) is 0 Å². The van der Waals surface area contributed by atoms with E-state index in [1.54, 1.807) is 0 Å². The zero-order chi connectivity index (χ0) is 44.8. The Labute approximate surface area is 428 Å². The summed E-state index contributed by atoms with van der Waals surface area (Å²) in [5, 5.41) is 42.2. The topological polar surface area (TPSA) is 203 Å². The van der Waals surface area contributed by atoms with Crippen molar-refractivity contribution in [1.82, 2.24) is 0 Å². The van der Waals surface area contributed by atoms with E-state index >= 15 is 0 Å². The molecule has 0 aromatic carbocycles. The van der Waals surface area contributed by atoms with Gasteiger partial charge in [-0.25, -0.2) is 0 Å². The number of ether oxygens (including phenoxy) is 11. The van der Waals surface area contributed by atoms with Crippen LogP contribution < -0.4 is 0 Å². The van der Waals surface area contributed by atoms with Crippen molar-refractivity contribution in [2.24, 2.45) is 0 Å². The zero-order valence-electron chi connectivity index (χ0n) is 38.7. The van der Waals surface area contributed by atoms with Crippen LogP contribution in [-0.2, 0) is 52.1 Å². The molecule has 5 N–H and O–H groups in total. The van der Waals surface area contributed by atoms with E-state index in [-0.39, 0.29) is 138 Å². The highest BCUT2D eigenvalue weighted by Gasteiger charge is 2.03. The molecule has 0 saturated carbocycles. The SMILES string of the molecule is C.C.C.C.C.C.C.C.C.C.CCCOCC(C)OCCO.CCCOCC(C)OCCO.CCCOCC(C)OCCO.CCCOCC(C)OCCO.CCCOCCOCC(C)OCCO. The summed E-state index contributed by atoms with van der Waals surface area (Å²) in [5.74, 6) is 0. The maximum absolute atomic E-state index is 8.50. The monoisotopic (exact) mass is 1010 g/mol. The smallest absolute Gasteiger partial charge is 0.0781 e. The molecule has 5 unspecified atom stereocenters. The van der Waals surface area contributed by atoms with Crippen LogP contribution in [0.15, 0.2) is 0 Å². The van der Waals surface area contributed by atoms with Gasteiger partial charge in [-0.15, -0.1) is 0 Å². The van der Waals surface area contributed by atoms with Crippen LogP contribution in [0, 0.1) is 0 Å². The molecular formula is C52H134O16.